The zero-order valence-corrected chi connectivity index (χ0v) is 14.7. The molecule has 1 amide bonds. The van der Waals surface area contributed by atoms with E-state index in [1.54, 1.807) is 0 Å². The number of carbonyl (C=O) groups is 1. The van der Waals surface area contributed by atoms with Gasteiger partial charge in [-0.05, 0) is 32.9 Å². The van der Waals surface area contributed by atoms with Gasteiger partial charge in [0.05, 0.1) is 7.45 Å². The molecule has 0 aromatic heterocycles. The Balaban J connectivity index is 2.26. The Labute approximate surface area is 101 Å². The van der Waals surface area contributed by atoms with Gasteiger partial charge in [-0.15, -0.1) is 17.9 Å². The van der Waals surface area contributed by atoms with Gasteiger partial charge in [-0.1, -0.05) is 16.2 Å². The third kappa shape index (κ3) is 5.35. The van der Waals surface area contributed by atoms with E-state index < -0.39 is 0 Å². The Morgan fingerprint density at radius 1 is 1.60 bits per heavy atom. The van der Waals surface area contributed by atoms with Crippen molar-refractivity contribution in [3.05, 3.63) is 0 Å². The Bertz CT molecular complexity index is 214. The highest BCUT2D eigenvalue weighted by atomic mass is 32.9. The van der Waals surface area contributed by atoms with Gasteiger partial charge < -0.3 is 4.74 Å². The molecule has 6 unspecified atom stereocenters. The van der Waals surface area contributed by atoms with Crippen molar-refractivity contribution in [3.63, 3.8) is 0 Å². The van der Waals surface area contributed by atoms with E-state index in [1.807, 2.05) is 0 Å². The zero-order valence-electron chi connectivity index (χ0n) is 8.56. The number of ether oxygens (including phenoxy) is 1. The van der Waals surface area contributed by atoms with E-state index >= 15 is 0 Å². The topological polar surface area (TPSA) is 38.3 Å². The number of rotatable bonds is 5. The number of carbonyl (C=O) groups excluding carboxylic acids is 1. The van der Waals surface area contributed by atoms with Crippen molar-refractivity contribution in [2.75, 3.05) is 6.66 Å². The lowest BCUT2D eigenvalue weighted by Gasteiger charge is -2.27. The molecule has 15 heavy (non-hydrogen) atoms. The molecule has 1 fully saturated rings. The number of nitrogens with one attached hydrogen (secondary N) is 1. The van der Waals surface area contributed by atoms with Crippen molar-refractivity contribution in [2.24, 2.45) is 0 Å². The molecular weight excluding hydrogens is 304 g/mol. The van der Waals surface area contributed by atoms with Crippen LogP contribution in [-0.2, 0) is 4.74 Å². The van der Waals surface area contributed by atoms with Crippen LogP contribution < -0.4 is 5.09 Å². The van der Waals surface area contributed by atoms with Crippen LogP contribution in [0.3, 0.4) is 0 Å². The van der Waals surface area contributed by atoms with Gasteiger partial charge in [0.2, 0.25) is 0 Å². The molecule has 0 heterocycles. The molecule has 1 rings (SSSR count). The SMILES string of the molecule is CPP(P)P(NC(=O)OC1CCC1)PP. The van der Waals surface area contributed by atoms with Crippen LogP contribution in [0.2, 0.25) is 0 Å². The van der Waals surface area contributed by atoms with E-state index in [9.17, 15) is 4.79 Å². The summed E-state index contributed by atoms with van der Waals surface area (Å²) in [5, 5.41) is 3.03. The summed E-state index contributed by atoms with van der Waals surface area (Å²) < 4.78 is 5.28. The second-order valence-corrected chi connectivity index (χ2v) is 21.7. The molecule has 0 bridgehead atoms. The Kier molecular flexibility index (Phi) is 7.99. The summed E-state index contributed by atoms with van der Waals surface area (Å²) in [5.74, 6) is 0. The van der Waals surface area contributed by atoms with Gasteiger partial charge in [0.15, 0.2) is 0 Å². The van der Waals surface area contributed by atoms with Gasteiger partial charge in [0.25, 0.3) is 0 Å². The van der Waals surface area contributed by atoms with Crippen LogP contribution in [0.5, 0.6) is 0 Å². The highest BCUT2D eigenvalue weighted by molar-refractivity contribution is 8.88. The molecule has 0 aromatic rings. The molecule has 0 spiro atoms. The number of amides is 1. The van der Waals surface area contributed by atoms with Crippen molar-refractivity contribution >= 4 is 54.6 Å². The quantitative estimate of drug-likeness (QED) is 0.760. The lowest BCUT2D eigenvalue weighted by Crippen LogP contribution is -2.29. The van der Waals surface area contributed by atoms with Crippen LogP contribution in [0.25, 0.3) is 0 Å². The van der Waals surface area contributed by atoms with Crippen molar-refractivity contribution in [3.8, 4) is 0 Å². The molecule has 88 valence electrons. The average molecular weight is 321 g/mol. The van der Waals surface area contributed by atoms with Crippen LogP contribution in [0, 0.1) is 0 Å². The first-order chi connectivity index (χ1) is 7.17. The Hall–Kier alpha value is 1.85. The summed E-state index contributed by atoms with van der Waals surface area (Å²) in [5.41, 5.74) is 0. The van der Waals surface area contributed by atoms with E-state index in [4.69, 9.17) is 4.74 Å². The monoisotopic (exact) mass is 321 g/mol. The minimum absolute atomic E-state index is 0.0968. The lowest BCUT2D eigenvalue weighted by atomic mass is 9.96. The van der Waals surface area contributed by atoms with E-state index in [2.05, 4.69) is 29.6 Å². The van der Waals surface area contributed by atoms with Crippen molar-refractivity contribution < 1.29 is 9.53 Å². The molecule has 0 radical (unpaired) electrons. The summed E-state index contributed by atoms with van der Waals surface area (Å²) in [6.07, 6.45) is 3.27. The van der Waals surface area contributed by atoms with Gasteiger partial charge in [-0.25, -0.2) is 4.79 Å². The first kappa shape index (κ1) is 14.9. The molecule has 1 N–H and O–H groups in total. The van der Waals surface area contributed by atoms with Crippen molar-refractivity contribution in [1.29, 1.82) is 0 Å². The van der Waals surface area contributed by atoms with Crippen LogP contribution >= 0.6 is 48.5 Å². The van der Waals surface area contributed by atoms with E-state index in [1.165, 1.54) is 6.42 Å². The van der Waals surface area contributed by atoms with Gasteiger partial charge in [0.1, 0.15) is 6.10 Å². The predicted molar refractivity (Wildman–Crippen MR) is 83.1 cm³/mol. The second kappa shape index (κ2) is 8.04. The normalized spacial score (nSPS) is 21.8. The molecule has 3 nitrogen and oxygen atoms in total. The summed E-state index contributed by atoms with van der Waals surface area (Å²) in [4.78, 5) is 11.5. The van der Waals surface area contributed by atoms with Crippen LogP contribution in [0.4, 0.5) is 4.79 Å². The van der Waals surface area contributed by atoms with Gasteiger partial charge in [-0.3, -0.25) is 5.09 Å². The first-order valence-corrected chi connectivity index (χ1v) is 15.6. The molecular formula is C6H17NO2P6. The fourth-order valence-electron chi connectivity index (χ4n) is 1.00. The Morgan fingerprint density at radius 2 is 2.27 bits per heavy atom. The Morgan fingerprint density at radius 3 is 2.67 bits per heavy atom. The van der Waals surface area contributed by atoms with Crippen molar-refractivity contribution in [2.45, 2.75) is 25.4 Å². The van der Waals surface area contributed by atoms with Crippen LogP contribution in [-0.4, -0.2) is 18.9 Å². The van der Waals surface area contributed by atoms with Gasteiger partial charge >= 0.3 is 6.09 Å². The standard InChI is InChI=1S/C6H17NO2P6/c1-12-15(11)14(13-10)7-6(8)9-5-3-2-4-5/h5,12-13H,2-4,10-11H2,1H3,(H,7,8). The smallest absolute Gasteiger partial charge is 0.411 e. The molecule has 0 aromatic carbocycles. The lowest BCUT2D eigenvalue weighted by molar-refractivity contribution is 0.0567. The maximum absolute atomic E-state index is 11.5. The van der Waals surface area contributed by atoms with Crippen molar-refractivity contribution in [1.82, 2.24) is 5.09 Å². The molecule has 1 aliphatic carbocycles. The fourth-order valence-corrected chi connectivity index (χ4v) is 24.3. The zero-order chi connectivity index (χ0) is 11.3. The van der Waals surface area contributed by atoms with Gasteiger partial charge in [0, 0.05) is 0 Å². The number of hydrogen-bond donors (Lipinski definition) is 1. The summed E-state index contributed by atoms with van der Waals surface area (Å²) in [7, 11) is 6.90. The van der Waals surface area contributed by atoms with Crippen LogP contribution in [0.1, 0.15) is 19.3 Å². The summed E-state index contributed by atoms with van der Waals surface area (Å²) in [6.45, 7) is 2.10. The van der Waals surface area contributed by atoms with Gasteiger partial charge in [-0.2, -0.15) is 0 Å². The highest BCUT2D eigenvalue weighted by Crippen LogP contribution is 2.89. The molecule has 0 saturated heterocycles. The average Bonchev–Trinajstić information content (AvgIpc) is 2.19. The predicted octanol–water partition coefficient (Wildman–Crippen LogP) is 4.46. The highest BCUT2D eigenvalue weighted by Gasteiger charge is 2.24. The summed E-state index contributed by atoms with van der Waals surface area (Å²) in [6, 6.07) is 0. The molecule has 0 aliphatic heterocycles. The minimum Gasteiger partial charge on any atom is -0.446 e. The fraction of sp³-hybridized carbons (Fsp3) is 0.833. The molecule has 9 heteroatoms. The third-order valence-electron chi connectivity index (χ3n) is 2.09. The maximum atomic E-state index is 11.5. The minimum atomic E-state index is -0.364. The number of hydrogen-bond acceptors (Lipinski definition) is 2. The first-order valence-electron chi connectivity index (χ1n) is 4.63. The second-order valence-electron chi connectivity index (χ2n) is 3.08. The third-order valence-corrected chi connectivity index (χ3v) is 26.8. The molecule has 1 saturated carbocycles. The molecule has 1 aliphatic rings. The molecule has 6 atom stereocenters. The largest absolute Gasteiger partial charge is 0.446 e. The van der Waals surface area contributed by atoms with E-state index in [-0.39, 0.29) is 26.6 Å². The summed E-state index contributed by atoms with van der Waals surface area (Å²) >= 11 is 0. The van der Waals surface area contributed by atoms with E-state index in [0.29, 0.717) is 0 Å². The van der Waals surface area contributed by atoms with Crippen LogP contribution in [0.15, 0.2) is 0 Å². The van der Waals surface area contributed by atoms with E-state index in [0.717, 1.165) is 29.1 Å². The maximum Gasteiger partial charge on any atom is 0.411 e.